The fourth-order valence-electron chi connectivity index (χ4n) is 1.23. The van der Waals surface area contributed by atoms with Crippen LogP contribution in [0.3, 0.4) is 0 Å². The first-order valence-electron chi connectivity index (χ1n) is 8.50. The molecule has 23 heavy (non-hydrogen) atoms. The van der Waals surface area contributed by atoms with E-state index in [-0.39, 0.29) is 0 Å². The highest BCUT2D eigenvalue weighted by atomic mass is 31.1. The third-order valence-corrected chi connectivity index (χ3v) is 8.88. The Labute approximate surface area is 148 Å². The maximum absolute atomic E-state index is 11.3. The topological polar surface area (TPSA) is 55.8 Å². The molecule has 0 heterocycles. The number of rotatable bonds is 10. The summed E-state index contributed by atoms with van der Waals surface area (Å²) in [5.74, 6) is 0. The molecule has 4 nitrogen and oxygen atoms in total. The van der Waals surface area contributed by atoms with Crippen LogP contribution in [0, 0.1) is 0 Å². The Morgan fingerprint density at radius 2 is 1.00 bits per heavy atom. The zero-order valence-electron chi connectivity index (χ0n) is 16.9. The van der Waals surface area contributed by atoms with Gasteiger partial charge in [-0.1, -0.05) is 58.9 Å². The molecule has 0 saturated carbocycles. The molecule has 0 fully saturated rings. The van der Waals surface area contributed by atoms with Crippen molar-refractivity contribution in [2.24, 2.45) is 0 Å². The van der Waals surface area contributed by atoms with Gasteiger partial charge in [-0.3, -0.25) is 0 Å². The molecule has 0 atom stereocenters. The predicted octanol–water partition coefficient (Wildman–Crippen LogP) is 5.67. The Kier molecular flexibility index (Phi) is 13.6. The zero-order chi connectivity index (χ0) is 18.7. The molecule has 140 valence electrons. The quantitative estimate of drug-likeness (QED) is 0.380. The minimum atomic E-state index is -1.89. The molecule has 0 unspecified atom stereocenters. The minimum absolute atomic E-state index is 0.371. The molecule has 0 aliphatic rings. The average Bonchev–Trinajstić information content (AvgIpc) is 2.24. The number of aliphatic hydroxyl groups excluding tert-OH is 1. The number of aliphatic hydroxyl groups is 1. The van der Waals surface area contributed by atoms with E-state index in [1.165, 1.54) is 0 Å². The molecule has 8 heteroatoms. The molecule has 0 spiro atoms. The Hall–Kier alpha value is 0.631. The maximum atomic E-state index is 11.3. The molecule has 0 bridgehead atoms. The largest absolute Gasteiger partial charge is 0.697 e. The van der Waals surface area contributed by atoms with Crippen molar-refractivity contribution in [3.05, 3.63) is 0 Å². The summed E-state index contributed by atoms with van der Waals surface area (Å²) in [5, 5.41) is 8.44. The van der Waals surface area contributed by atoms with Gasteiger partial charge in [0, 0.05) is 35.4 Å². The summed E-state index contributed by atoms with van der Waals surface area (Å²) in [6.45, 7) is 21.9. The van der Waals surface area contributed by atoms with Crippen LogP contribution in [0.5, 0.6) is 0 Å². The first kappa shape index (κ1) is 25.9. The van der Waals surface area contributed by atoms with Gasteiger partial charge < -0.3 is 5.11 Å². The average molecular weight is 400 g/mol. The van der Waals surface area contributed by atoms with Crippen molar-refractivity contribution in [2.75, 3.05) is 19.8 Å². The maximum Gasteiger partial charge on any atom is 0.697 e. The highest BCUT2D eigenvalue weighted by Crippen LogP contribution is 2.26. The zero-order valence-corrected chi connectivity index (χ0v) is 20.8. The fourth-order valence-corrected chi connectivity index (χ4v) is 4.22. The van der Waals surface area contributed by atoms with Crippen molar-refractivity contribution in [1.29, 1.82) is 0 Å². The standard InChI is InChI=1S/C10H26O3PSi2.C5H14OSi/c1-15(2,3)9-7-12-14(11)13-8-10-16(4,5)6;1-7(2,3)5-4-6/h7-10H2,1-6H3;6H,4-5H2,1-3H3/q+1;. The smallest absolute Gasteiger partial charge is 0.397 e. The Morgan fingerprint density at radius 3 is 1.17 bits per heavy atom. The van der Waals surface area contributed by atoms with E-state index in [9.17, 15) is 4.57 Å². The van der Waals surface area contributed by atoms with Crippen LogP contribution < -0.4 is 0 Å². The van der Waals surface area contributed by atoms with Crippen LogP contribution in [-0.4, -0.2) is 49.1 Å². The normalized spacial score (nSPS) is 12.6. The van der Waals surface area contributed by atoms with Gasteiger partial charge >= 0.3 is 8.25 Å². The minimum Gasteiger partial charge on any atom is -0.397 e. The van der Waals surface area contributed by atoms with Crippen LogP contribution in [-0.2, 0) is 13.6 Å². The van der Waals surface area contributed by atoms with E-state index in [1.807, 2.05) is 0 Å². The summed E-state index contributed by atoms with van der Waals surface area (Å²) in [5.41, 5.74) is 0. The van der Waals surface area contributed by atoms with Crippen molar-refractivity contribution < 1.29 is 18.7 Å². The number of hydrogen-bond acceptors (Lipinski definition) is 4. The molecular formula is C15H40O4PSi3+. The molecule has 0 saturated heterocycles. The molecule has 0 rings (SSSR count). The summed E-state index contributed by atoms with van der Waals surface area (Å²) in [6, 6.07) is 3.10. The third kappa shape index (κ3) is 27.8. The Morgan fingerprint density at radius 1 is 0.696 bits per heavy atom. The van der Waals surface area contributed by atoms with Gasteiger partial charge in [-0.2, -0.15) is 0 Å². The second-order valence-corrected chi connectivity index (χ2v) is 27.4. The first-order valence-corrected chi connectivity index (χ1v) is 20.7. The Bertz CT molecular complexity index is 298. The molecule has 0 aliphatic heterocycles. The SMILES string of the molecule is C[Si](C)(C)CCO.C[Si](C)(C)CCO[P+](=O)OCC[Si](C)(C)C. The molecule has 0 amide bonds. The molecule has 0 radical (unpaired) electrons. The van der Waals surface area contributed by atoms with Crippen LogP contribution in [0.25, 0.3) is 0 Å². The lowest BCUT2D eigenvalue weighted by molar-refractivity contribution is 0.242. The summed E-state index contributed by atoms with van der Waals surface area (Å²) < 4.78 is 21.7. The van der Waals surface area contributed by atoms with Crippen LogP contribution in [0.2, 0.25) is 77.1 Å². The van der Waals surface area contributed by atoms with Gasteiger partial charge in [0.25, 0.3) is 0 Å². The van der Waals surface area contributed by atoms with E-state index in [4.69, 9.17) is 14.2 Å². The van der Waals surface area contributed by atoms with Gasteiger partial charge in [0.15, 0.2) is 0 Å². The van der Waals surface area contributed by atoms with Gasteiger partial charge in [-0.15, -0.1) is 9.05 Å². The predicted molar refractivity (Wildman–Crippen MR) is 111 cm³/mol. The molecule has 1 N–H and O–H groups in total. The van der Waals surface area contributed by atoms with E-state index < -0.39 is 32.5 Å². The van der Waals surface area contributed by atoms with E-state index in [1.54, 1.807) is 0 Å². The first-order chi connectivity index (χ1) is 10.2. The summed E-state index contributed by atoms with van der Waals surface area (Å²) >= 11 is 0. The van der Waals surface area contributed by atoms with Gasteiger partial charge in [-0.25, -0.2) is 0 Å². The van der Waals surface area contributed by atoms with Crippen molar-refractivity contribution in [3.63, 3.8) is 0 Å². The van der Waals surface area contributed by atoms with E-state index in [2.05, 4.69) is 58.9 Å². The van der Waals surface area contributed by atoms with Gasteiger partial charge in [-0.05, 0) is 18.1 Å². The van der Waals surface area contributed by atoms with Crippen LogP contribution in [0.15, 0.2) is 0 Å². The highest BCUT2D eigenvalue weighted by molar-refractivity contribution is 7.33. The molecule has 0 aliphatic carbocycles. The summed E-state index contributed by atoms with van der Waals surface area (Å²) in [6.07, 6.45) is 0. The lowest BCUT2D eigenvalue weighted by atomic mass is 10.9. The second-order valence-electron chi connectivity index (χ2n) is 9.55. The molecule has 0 aromatic heterocycles. The van der Waals surface area contributed by atoms with Crippen molar-refractivity contribution in [2.45, 2.75) is 77.1 Å². The molecular weight excluding hydrogens is 359 g/mol. The van der Waals surface area contributed by atoms with Gasteiger partial charge in [0.1, 0.15) is 13.2 Å². The van der Waals surface area contributed by atoms with E-state index in [0.717, 1.165) is 18.1 Å². The number of hydrogen-bond donors (Lipinski definition) is 1. The van der Waals surface area contributed by atoms with E-state index in [0.29, 0.717) is 19.8 Å². The van der Waals surface area contributed by atoms with Crippen LogP contribution in [0.4, 0.5) is 0 Å². The van der Waals surface area contributed by atoms with Crippen molar-refractivity contribution >= 4 is 32.5 Å². The molecule has 0 aromatic rings. The van der Waals surface area contributed by atoms with Crippen LogP contribution >= 0.6 is 8.25 Å². The lowest BCUT2D eigenvalue weighted by Crippen LogP contribution is -2.21. The lowest BCUT2D eigenvalue weighted by Gasteiger charge is -2.13. The van der Waals surface area contributed by atoms with E-state index >= 15 is 0 Å². The highest BCUT2D eigenvalue weighted by Gasteiger charge is 2.24. The third-order valence-electron chi connectivity index (χ3n) is 2.96. The second kappa shape index (κ2) is 12.1. The monoisotopic (exact) mass is 399 g/mol. The van der Waals surface area contributed by atoms with Gasteiger partial charge in [0.2, 0.25) is 0 Å². The van der Waals surface area contributed by atoms with Gasteiger partial charge in [0.05, 0.1) is 0 Å². The summed E-state index contributed by atoms with van der Waals surface area (Å²) in [4.78, 5) is 0. The van der Waals surface area contributed by atoms with Crippen molar-refractivity contribution in [3.8, 4) is 0 Å². The summed E-state index contributed by atoms with van der Waals surface area (Å²) in [7, 11) is -4.97. The molecule has 0 aromatic carbocycles. The Balaban J connectivity index is 0. The van der Waals surface area contributed by atoms with Crippen molar-refractivity contribution in [1.82, 2.24) is 0 Å². The fraction of sp³-hybridized carbons (Fsp3) is 1.00. The van der Waals surface area contributed by atoms with Crippen LogP contribution in [0.1, 0.15) is 0 Å².